The van der Waals surface area contributed by atoms with Gasteiger partial charge in [-0.2, -0.15) is 0 Å². The van der Waals surface area contributed by atoms with E-state index in [1.165, 1.54) is 24.3 Å². The molecule has 4 aromatic carbocycles. The van der Waals surface area contributed by atoms with Gasteiger partial charge in [-0.25, -0.2) is 0 Å². The number of anilines is 3. The molecule has 0 amide bonds. The molecule has 276 valence electrons. The molecule has 2 heterocycles. The number of quaternary nitrogens is 2. The first-order chi connectivity index (χ1) is 25.1. The minimum absolute atomic E-state index is 0.0500. The van der Waals surface area contributed by atoms with Gasteiger partial charge in [-0.15, -0.1) is 0 Å². The molecule has 6 rings (SSSR count). The molecule has 0 fully saturated rings. The molecule has 0 radical (unpaired) electrons. The normalized spacial score (nSPS) is 18.5. The van der Waals surface area contributed by atoms with E-state index in [4.69, 9.17) is 19.6 Å². The van der Waals surface area contributed by atoms with E-state index in [9.17, 15) is 25.5 Å². The van der Waals surface area contributed by atoms with E-state index in [1.54, 1.807) is 6.07 Å². The van der Waals surface area contributed by atoms with Gasteiger partial charge in [-0.3, -0.25) is 0 Å². The Labute approximate surface area is 318 Å². The van der Waals surface area contributed by atoms with Crippen molar-refractivity contribution in [1.82, 2.24) is 0 Å². The molecule has 0 bridgehead atoms. The van der Waals surface area contributed by atoms with Crippen LogP contribution in [0.25, 0.3) is 5.43 Å². The fraction of sp³-hybridized carbons (Fsp3) is 0.273. The molecule has 0 saturated heterocycles. The van der Waals surface area contributed by atoms with Gasteiger partial charge in [0, 0.05) is 0 Å². The first-order valence-electron chi connectivity index (χ1n) is 16.3. The van der Waals surface area contributed by atoms with Crippen molar-refractivity contribution in [1.29, 1.82) is 0 Å². The Balaban J connectivity index is 1.62. The molecular formula is C33H35I2N8O9-. The van der Waals surface area contributed by atoms with Crippen LogP contribution >= 0.6 is 18.6 Å². The Bertz CT molecular complexity index is 1980. The molecule has 1 spiro atoms. The monoisotopic (exact) mass is 941 g/mol. The van der Waals surface area contributed by atoms with Gasteiger partial charge >= 0.3 is 321 Å². The second-order valence-electron chi connectivity index (χ2n) is 11.5. The predicted octanol–water partition coefficient (Wildman–Crippen LogP) is 1.36. The summed E-state index contributed by atoms with van der Waals surface area (Å²) in [5.41, 5.74) is 10.5. The number of halogens is 2. The molecule has 4 aromatic rings. The van der Waals surface area contributed by atoms with Crippen LogP contribution in [0.2, 0.25) is 0 Å². The average Bonchev–Trinajstić information content (AvgIpc) is 3.45. The van der Waals surface area contributed by atoms with Gasteiger partial charge in [0.1, 0.15) is 0 Å². The topological polar surface area (TPSA) is 188 Å². The maximum atomic E-state index is 11.9. The summed E-state index contributed by atoms with van der Waals surface area (Å²) in [7, 11) is 0. The zero-order chi connectivity index (χ0) is 37.2. The Morgan fingerprint density at radius 2 is 1.33 bits per heavy atom. The van der Waals surface area contributed by atoms with Crippen LogP contribution in [0.3, 0.4) is 0 Å². The van der Waals surface area contributed by atoms with Crippen molar-refractivity contribution in [2.45, 2.75) is 33.8 Å². The van der Waals surface area contributed by atoms with Gasteiger partial charge in [0.15, 0.2) is 0 Å². The van der Waals surface area contributed by atoms with Crippen LogP contribution in [0, 0.1) is 20.2 Å². The molecule has 2 aliphatic rings. The van der Waals surface area contributed by atoms with Crippen molar-refractivity contribution in [3.8, 4) is 23.0 Å². The number of hydrogen-bond acceptors (Lipinski definition) is 12. The van der Waals surface area contributed by atoms with Gasteiger partial charge < -0.3 is 0 Å². The van der Waals surface area contributed by atoms with Gasteiger partial charge in [0.25, 0.3) is 0 Å². The number of non-ortho nitro benzene ring substituents is 2. The van der Waals surface area contributed by atoms with E-state index < -0.39 is 33.4 Å². The third-order valence-electron chi connectivity index (χ3n) is 8.68. The number of rotatable bonds is 12. The van der Waals surface area contributed by atoms with E-state index in [2.05, 4.69) is 38.7 Å². The molecule has 3 atom stereocenters. The SMILES string of the molecule is CCN(CC)c1ccc2c(c1)O[C@@]1(Oc3ccc([N+](=O)[O-])cc3[N-][NH+]2[I-]I)Oc2cc(N(CC)CC)ccc2[NH+]1Nc1cc([N+](=O)[O-])ccc1O[O-]. The second kappa shape index (κ2) is 15.6. The Morgan fingerprint density at radius 1 is 0.788 bits per heavy atom. The molecule has 2 unspecified atom stereocenters. The number of nitrogens with zero attached hydrogens (tertiary/aromatic N) is 5. The third-order valence-corrected chi connectivity index (χ3v) is 12.5. The summed E-state index contributed by atoms with van der Waals surface area (Å²) in [6.07, 6.45) is -2.19. The van der Waals surface area contributed by atoms with Crippen LogP contribution in [0.5, 0.6) is 23.0 Å². The van der Waals surface area contributed by atoms with E-state index in [1.807, 2.05) is 58.0 Å². The third kappa shape index (κ3) is 7.09. The number of nitro benzene ring substituents is 2. The first kappa shape index (κ1) is 37.2. The van der Waals surface area contributed by atoms with Crippen LogP contribution in [-0.2, 0) is 0 Å². The molecule has 0 aliphatic carbocycles. The number of nitrogens with one attached hydrogen (secondary N) is 3. The standard InChI is InChI=1S/C33H35I2N8O9/c1-5-38(6-2)21-9-13-27-31(19-21)50-33(40(27)36-26-18-24(43(46)47)12-16-30(26)52-48)49-29-15-11-23(42(44)45)17-25(29)37-41(35-34)28-14-10-22(20-32(28)51-33)39(7-3)8-4/h9-20,36,41,48H,5-8H2,1-4H3/q-1/t33-/m0/s1. The molecule has 0 saturated carbocycles. The number of nitro groups is 2. The summed E-state index contributed by atoms with van der Waals surface area (Å²) in [4.78, 5) is 31.3. The van der Waals surface area contributed by atoms with E-state index in [0.717, 1.165) is 23.5 Å². The summed E-state index contributed by atoms with van der Waals surface area (Å²) in [6.45, 7) is 11.0. The number of benzene rings is 4. The van der Waals surface area contributed by atoms with E-state index >= 15 is 0 Å². The predicted molar refractivity (Wildman–Crippen MR) is 193 cm³/mol. The van der Waals surface area contributed by atoms with Gasteiger partial charge in [-0.1, -0.05) is 0 Å². The fourth-order valence-corrected chi connectivity index (χ4v) is 9.15. The average molecular weight is 941 g/mol. The number of fused-ring (bicyclic) bond motifs is 3. The number of hydrogen-bond donors (Lipinski definition) is 3. The van der Waals surface area contributed by atoms with Crippen molar-refractivity contribution < 1.29 is 59.9 Å². The van der Waals surface area contributed by atoms with Gasteiger partial charge in [0.2, 0.25) is 0 Å². The molecular weight excluding hydrogens is 906 g/mol. The van der Waals surface area contributed by atoms with Crippen LogP contribution in [0.4, 0.5) is 45.5 Å². The molecule has 17 nitrogen and oxygen atoms in total. The first-order valence-corrected chi connectivity index (χ1v) is 23.7. The molecule has 52 heavy (non-hydrogen) atoms. The van der Waals surface area contributed by atoms with E-state index in [-0.39, 0.29) is 39.3 Å². The van der Waals surface area contributed by atoms with Crippen molar-refractivity contribution >= 4 is 64.1 Å². The van der Waals surface area contributed by atoms with Crippen LogP contribution in [-0.4, -0.2) is 42.1 Å². The molecule has 19 heteroatoms. The Kier molecular flexibility index (Phi) is 11.1. The van der Waals surface area contributed by atoms with Crippen LogP contribution in [0.15, 0.2) is 72.8 Å². The quantitative estimate of drug-likeness (QED) is 0.0610. The van der Waals surface area contributed by atoms with Crippen LogP contribution < -0.4 is 65.3 Å². The molecule has 0 aromatic heterocycles. The Hall–Kier alpha value is -4.58. The second-order valence-corrected chi connectivity index (χ2v) is 15.6. The zero-order valence-corrected chi connectivity index (χ0v) is 32.7. The van der Waals surface area contributed by atoms with Crippen molar-refractivity contribution in [3.05, 3.63) is 98.5 Å². The number of ether oxygens (including phenoxy) is 3. The summed E-state index contributed by atoms with van der Waals surface area (Å²) in [6, 6.07) is 18.8. The Morgan fingerprint density at radius 3 is 1.88 bits per heavy atom. The summed E-state index contributed by atoms with van der Waals surface area (Å²) < 4.78 is 21.1. The summed E-state index contributed by atoms with van der Waals surface area (Å²) in [5.74, 6) is 0.556. The molecule has 3 N–H and O–H groups in total. The van der Waals surface area contributed by atoms with Gasteiger partial charge in [0.05, 0.1) is 0 Å². The van der Waals surface area contributed by atoms with Crippen LogP contribution in [0.1, 0.15) is 27.7 Å². The summed E-state index contributed by atoms with van der Waals surface area (Å²) >= 11 is 1.51. The molecule has 2 aliphatic heterocycles. The zero-order valence-electron chi connectivity index (χ0n) is 28.4. The van der Waals surface area contributed by atoms with Gasteiger partial charge in [-0.05, 0) is 0 Å². The van der Waals surface area contributed by atoms with Crippen molar-refractivity contribution in [2.75, 3.05) is 41.4 Å². The van der Waals surface area contributed by atoms with E-state index in [0.29, 0.717) is 52.3 Å². The van der Waals surface area contributed by atoms with Crippen molar-refractivity contribution in [2.24, 2.45) is 0 Å². The maximum absolute atomic E-state index is 11.9. The van der Waals surface area contributed by atoms with Crippen molar-refractivity contribution in [3.63, 3.8) is 0 Å². The fourth-order valence-electron chi connectivity index (χ4n) is 6.05. The minimum atomic E-state index is -2.19. The summed E-state index contributed by atoms with van der Waals surface area (Å²) in [5, 5.41) is 35.8.